The molecular formula is C15H22. The van der Waals surface area contributed by atoms with Crippen LogP contribution in [0.4, 0.5) is 0 Å². The van der Waals surface area contributed by atoms with E-state index in [4.69, 9.17) is 0 Å². The van der Waals surface area contributed by atoms with Crippen molar-refractivity contribution in [3.63, 3.8) is 0 Å². The molecule has 0 bridgehead atoms. The molecule has 1 rings (SSSR count). The van der Waals surface area contributed by atoms with E-state index < -0.39 is 0 Å². The predicted molar refractivity (Wildman–Crippen MR) is 68.8 cm³/mol. The second kappa shape index (κ2) is 5.75. The maximum atomic E-state index is 2.38. The molecule has 1 atom stereocenters. The molecule has 0 aromatic carbocycles. The third-order valence-corrected chi connectivity index (χ3v) is 3.15. The molecule has 1 aliphatic rings. The topological polar surface area (TPSA) is 0 Å². The molecule has 0 heterocycles. The van der Waals surface area contributed by atoms with Gasteiger partial charge in [-0.1, -0.05) is 62.8 Å². The van der Waals surface area contributed by atoms with Gasteiger partial charge in [0.15, 0.2) is 0 Å². The molecule has 0 N–H and O–H groups in total. The maximum absolute atomic E-state index is 2.38. The molecule has 0 aromatic heterocycles. The second-order valence-electron chi connectivity index (χ2n) is 4.60. The third-order valence-electron chi connectivity index (χ3n) is 3.15. The van der Waals surface area contributed by atoms with Crippen molar-refractivity contribution in [2.45, 2.75) is 40.0 Å². The van der Waals surface area contributed by atoms with Crippen LogP contribution in [0.2, 0.25) is 0 Å². The van der Waals surface area contributed by atoms with Crippen LogP contribution in [0.5, 0.6) is 0 Å². The Bertz CT molecular complexity index is 302. The Kier molecular flexibility index (Phi) is 4.61. The van der Waals surface area contributed by atoms with Crippen molar-refractivity contribution in [2.75, 3.05) is 0 Å². The van der Waals surface area contributed by atoms with Gasteiger partial charge in [0.1, 0.15) is 0 Å². The van der Waals surface area contributed by atoms with E-state index >= 15 is 0 Å². The van der Waals surface area contributed by atoms with Gasteiger partial charge in [0, 0.05) is 0 Å². The van der Waals surface area contributed by atoms with Gasteiger partial charge >= 0.3 is 0 Å². The van der Waals surface area contributed by atoms with Crippen molar-refractivity contribution >= 4 is 0 Å². The first-order valence-electron chi connectivity index (χ1n) is 5.85. The summed E-state index contributed by atoms with van der Waals surface area (Å²) in [6.45, 7) is 6.69. The van der Waals surface area contributed by atoms with E-state index in [-0.39, 0.29) is 0 Å². The quantitative estimate of drug-likeness (QED) is 0.576. The fourth-order valence-electron chi connectivity index (χ4n) is 1.86. The van der Waals surface area contributed by atoms with Gasteiger partial charge < -0.3 is 0 Å². The fourth-order valence-corrected chi connectivity index (χ4v) is 1.86. The van der Waals surface area contributed by atoms with Crippen LogP contribution < -0.4 is 0 Å². The lowest BCUT2D eigenvalue weighted by molar-refractivity contribution is 0.307. The van der Waals surface area contributed by atoms with E-state index in [0.29, 0.717) is 5.41 Å². The summed E-state index contributed by atoms with van der Waals surface area (Å²) in [5.74, 6) is 0. The zero-order chi connectivity index (χ0) is 11.1. The highest BCUT2D eigenvalue weighted by Gasteiger charge is 2.23. The molecule has 0 spiro atoms. The van der Waals surface area contributed by atoms with Gasteiger partial charge in [-0.05, 0) is 30.8 Å². The average molecular weight is 202 g/mol. The summed E-state index contributed by atoms with van der Waals surface area (Å²) < 4.78 is 0. The molecule has 15 heavy (non-hydrogen) atoms. The van der Waals surface area contributed by atoms with Gasteiger partial charge in [-0.25, -0.2) is 0 Å². The molecule has 0 aliphatic heterocycles. The largest absolute Gasteiger partial charge is 0.0877 e. The highest BCUT2D eigenvalue weighted by Crippen LogP contribution is 2.37. The van der Waals surface area contributed by atoms with Crippen LogP contribution in [-0.4, -0.2) is 0 Å². The van der Waals surface area contributed by atoms with E-state index in [2.05, 4.69) is 50.3 Å². The minimum absolute atomic E-state index is 0.481. The van der Waals surface area contributed by atoms with Crippen LogP contribution in [0, 0.1) is 5.41 Å². The van der Waals surface area contributed by atoms with Crippen molar-refractivity contribution in [1.82, 2.24) is 0 Å². The van der Waals surface area contributed by atoms with Gasteiger partial charge in [-0.3, -0.25) is 0 Å². The van der Waals surface area contributed by atoms with Gasteiger partial charge in [0.25, 0.3) is 0 Å². The van der Waals surface area contributed by atoms with Gasteiger partial charge in [0.05, 0.1) is 0 Å². The number of hydrogen-bond acceptors (Lipinski definition) is 0. The summed E-state index contributed by atoms with van der Waals surface area (Å²) in [4.78, 5) is 0. The number of allylic oxidation sites excluding steroid dienone is 8. The van der Waals surface area contributed by atoms with Crippen LogP contribution in [-0.2, 0) is 0 Å². The molecule has 0 amide bonds. The molecule has 0 fully saturated rings. The first-order chi connectivity index (χ1) is 7.20. The van der Waals surface area contributed by atoms with Crippen molar-refractivity contribution < 1.29 is 0 Å². The fraction of sp³-hybridized carbons (Fsp3) is 0.467. The monoisotopic (exact) mass is 202 g/mol. The smallest absolute Gasteiger partial charge is 0.0222 e. The Morgan fingerprint density at radius 1 is 1.33 bits per heavy atom. The summed E-state index contributed by atoms with van der Waals surface area (Å²) in [6.07, 6.45) is 18.8. The van der Waals surface area contributed by atoms with Crippen LogP contribution in [0.3, 0.4) is 0 Å². The van der Waals surface area contributed by atoms with Gasteiger partial charge in [-0.2, -0.15) is 0 Å². The van der Waals surface area contributed by atoms with Crippen LogP contribution >= 0.6 is 0 Å². The Morgan fingerprint density at radius 2 is 2.13 bits per heavy atom. The normalized spacial score (nSPS) is 29.7. The molecule has 0 saturated carbocycles. The predicted octanol–water partition coefficient (Wildman–Crippen LogP) is 4.81. The second-order valence-corrected chi connectivity index (χ2v) is 4.60. The molecule has 0 nitrogen and oxygen atoms in total. The maximum Gasteiger partial charge on any atom is -0.0222 e. The van der Waals surface area contributed by atoms with E-state index in [0.717, 1.165) is 0 Å². The van der Waals surface area contributed by atoms with Crippen molar-refractivity contribution in [3.8, 4) is 0 Å². The van der Waals surface area contributed by atoms with Crippen LogP contribution in [0.25, 0.3) is 0 Å². The first-order valence-corrected chi connectivity index (χ1v) is 5.85. The molecule has 0 heteroatoms. The van der Waals surface area contributed by atoms with Crippen molar-refractivity contribution in [1.29, 1.82) is 0 Å². The zero-order valence-corrected chi connectivity index (χ0v) is 10.2. The Hall–Kier alpha value is -1.04. The number of hydrogen-bond donors (Lipinski definition) is 0. The summed E-state index contributed by atoms with van der Waals surface area (Å²) in [7, 11) is 0. The summed E-state index contributed by atoms with van der Waals surface area (Å²) in [5, 5.41) is 0. The molecule has 0 radical (unpaired) electrons. The SMILES string of the molecule is C/C=C/C=C/C=C1\C=CC[C@](C)(CC)C1. The average Bonchev–Trinajstić information content (AvgIpc) is 2.25. The first kappa shape index (κ1) is 12.0. The standard InChI is InChI=1S/C15H22/c1-4-6-7-8-10-14-11-9-12-15(3,5-2)13-14/h4,6-11H,5,12-13H2,1-3H3/b6-4+,8-7+,14-10+/t15-/m0/s1. The molecule has 1 aliphatic carbocycles. The number of rotatable bonds is 3. The summed E-state index contributed by atoms with van der Waals surface area (Å²) >= 11 is 0. The minimum Gasteiger partial charge on any atom is -0.0877 e. The molecule has 82 valence electrons. The van der Waals surface area contributed by atoms with Gasteiger partial charge in [0.2, 0.25) is 0 Å². The zero-order valence-electron chi connectivity index (χ0n) is 10.2. The summed E-state index contributed by atoms with van der Waals surface area (Å²) in [5.41, 5.74) is 1.93. The van der Waals surface area contributed by atoms with E-state index in [1.165, 1.54) is 24.8 Å². The lowest BCUT2D eigenvalue weighted by atomic mass is 9.75. The Balaban J connectivity index is 2.64. The lowest BCUT2D eigenvalue weighted by Crippen LogP contribution is -2.17. The van der Waals surface area contributed by atoms with Crippen molar-refractivity contribution in [3.05, 3.63) is 48.1 Å². The van der Waals surface area contributed by atoms with Gasteiger partial charge in [-0.15, -0.1) is 0 Å². The van der Waals surface area contributed by atoms with Crippen molar-refractivity contribution in [2.24, 2.45) is 5.41 Å². The Labute approximate surface area is 94.1 Å². The van der Waals surface area contributed by atoms with E-state index in [1.807, 2.05) is 13.0 Å². The third kappa shape index (κ3) is 3.91. The molecule has 0 unspecified atom stereocenters. The van der Waals surface area contributed by atoms with E-state index in [1.54, 1.807) is 0 Å². The highest BCUT2D eigenvalue weighted by molar-refractivity contribution is 5.29. The van der Waals surface area contributed by atoms with E-state index in [9.17, 15) is 0 Å². The highest BCUT2D eigenvalue weighted by atomic mass is 14.3. The molecule has 0 aromatic rings. The minimum atomic E-state index is 0.481. The summed E-state index contributed by atoms with van der Waals surface area (Å²) in [6, 6.07) is 0. The lowest BCUT2D eigenvalue weighted by Gasteiger charge is -2.30. The van der Waals surface area contributed by atoms with Crippen LogP contribution in [0.1, 0.15) is 40.0 Å². The Morgan fingerprint density at radius 3 is 2.80 bits per heavy atom. The molecular weight excluding hydrogens is 180 g/mol. The van der Waals surface area contributed by atoms with Crippen LogP contribution in [0.15, 0.2) is 48.1 Å². The molecule has 0 saturated heterocycles.